The van der Waals surface area contributed by atoms with Crippen LogP contribution in [0.1, 0.15) is 12.8 Å². The van der Waals surface area contributed by atoms with Gasteiger partial charge in [-0.15, -0.1) is 0 Å². The average Bonchev–Trinajstić information content (AvgIpc) is 3.08. The minimum Gasteiger partial charge on any atom is -0.365 e. The maximum Gasteiger partial charge on any atom is 0.311 e. The number of benzene rings is 1. The third-order valence-electron chi connectivity index (χ3n) is 5.15. The van der Waals surface area contributed by atoms with Crippen LogP contribution in [0.4, 0.5) is 11.4 Å². The number of pyridine rings is 1. The van der Waals surface area contributed by atoms with Crippen molar-refractivity contribution in [2.45, 2.75) is 18.9 Å². The third kappa shape index (κ3) is 1.94. The van der Waals surface area contributed by atoms with Crippen molar-refractivity contribution in [2.75, 3.05) is 18.0 Å². The number of nitrogens with two attached hydrogens (primary N) is 1. The molecule has 0 radical (unpaired) electrons. The van der Waals surface area contributed by atoms with Crippen molar-refractivity contribution in [2.24, 2.45) is 17.6 Å². The van der Waals surface area contributed by atoms with Gasteiger partial charge in [-0.3, -0.25) is 10.1 Å². The second-order valence-corrected chi connectivity index (χ2v) is 6.34. The highest BCUT2D eigenvalue weighted by Crippen LogP contribution is 2.43. The molecule has 2 fully saturated rings. The first-order chi connectivity index (χ1) is 10.6. The van der Waals surface area contributed by atoms with E-state index in [4.69, 9.17) is 5.73 Å². The number of hydrogen-bond donors (Lipinski definition) is 1. The molecule has 3 unspecified atom stereocenters. The van der Waals surface area contributed by atoms with Gasteiger partial charge in [0.25, 0.3) is 0 Å². The summed E-state index contributed by atoms with van der Waals surface area (Å²) in [6.07, 6.45) is 3.58. The molecule has 1 saturated carbocycles. The van der Waals surface area contributed by atoms with E-state index in [9.17, 15) is 10.1 Å². The van der Waals surface area contributed by atoms with Gasteiger partial charge in [-0.1, -0.05) is 18.2 Å². The highest BCUT2D eigenvalue weighted by Gasteiger charge is 2.42. The van der Waals surface area contributed by atoms with E-state index >= 15 is 0 Å². The highest BCUT2D eigenvalue weighted by atomic mass is 16.6. The molecule has 0 bridgehead atoms. The Morgan fingerprint density at radius 3 is 2.86 bits per heavy atom. The summed E-state index contributed by atoms with van der Waals surface area (Å²) in [5.74, 6) is 1.01. The van der Waals surface area contributed by atoms with Crippen LogP contribution in [0, 0.1) is 22.0 Å². The number of rotatable bonds is 2. The molecule has 1 aliphatic heterocycles. The fourth-order valence-electron chi connectivity index (χ4n) is 4.07. The summed E-state index contributed by atoms with van der Waals surface area (Å²) in [6, 6.07) is 7.84. The molecule has 1 aromatic carbocycles. The highest BCUT2D eigenvalue weighted by molar-refractivity contribution is 5.96. The van der Waals surface area contributed by atoms with E-state index in [0.29, 0.717) is 17.5 Å². The van der Waals surface area contributed by atoms with E-state index in [1.165, 1.54) is 6.20 Å². The molecule has 2 aromatic rings. The molecule has 4 rings (SSSR count). The van der Waals surface area contributed by atoms with Crippen LogP contribution in [0.25, 0.3) is 10.9 Å². The fraction of sp³-hybridized carbons (Fsp3) is 0.438. The zero-order valence-corrected chi connectivity index (χ0v) is 12.2. The lowest BCUT2D eigenvalue weighted by Gasteiger charge is -2.22. The Kier molecular flexibility index (Phi) is 3.00. The number of aromatic nitrogens is 1. The summed E-state index contributed by atoms with van der Waals surface area (Å²) in [7, 11) is 0. The number of fused-ring (bicyclic) bond motifs is 2. The second-order valence-electron chi connectivity index (χ2n) is 6.34. The number of hydrogen-bond acceptors (Lipinski definition) is 5. The lowest BCUT2D eigenvalue weighted by atomic mass is 9.98. The number of para-hydroxylation sites is 1. The van der Waals surface area contributed by atoms with Gasteiger partial charge < -0.3 is 10.6 Å². The van der Waals surface area contributed by atoms with Gasteiger partial charge in [0, 0.05) is 24.5 Å². The predicted molar refractivity (Wildman–Crippen MR) is 84.8 cm³/mol. The quantitative estimate of drug-likeness (QED) is 0.679. The Morgan fingerprint density at radius 1 is 1.27 bits per heavy atom. The molecule has 1 aliphatic carbocycles. The van der Waals surface area contributed by atoms with Crippen LogP contribution in [-0.4, -0.2) is 29.0 Å². The topological polar surface area (TPSA) is 85.3 Å². The first kappa shape index (κ1) is 13.5. The van der Waals surface area contributed by atoms with E-state index in [0.717, 1.165) is 36.8 Å². The number of nitrogens with zero attached hydrogens (tertiary/aromatic N) is 3. The van der Waals surface area contributed by atoms with Crippen molar-refractivity contribution >= 4 is 22.3 Å². The van der Waals surface area contributed by atoms with Gasteiger partial charge in [-0.25, -0.2) is 4.98 Å². The van der Waals surface area contributed by atoms with Crippen molar-refractivity contribution in [1.82, 2.24) is 4.98 Å². The molecule has 1 saturated heterocycles. The van der Waals surface area contributed by atoms with Crippen molar-refractivity contribution in [3.8, 4) is 0 Å². The van der Waals surface area contributed by atoms with E-state index in [-0.39, 0.29) is 16.7 Å². The third-order valence-corrected chi connectivity index (χ3v) is 5.15. The van der Waals surface area contributed by atoms with Gasteiger partial charge >= 0.3 is 5.69 Å². The van der Waals surface area contributed by atoms with Gasteiger partial charge in [0.2, 0.25) is 0 Å². The van der Waals surface area contributed by atoms with Crippen LogP contribution in [0.2, 0.25) is 0 Å². The fourth-order valence-corrected chi connectivity index (χ4v) is 4.07. The van der Waals surface area contributed by atoms with E-state index < -0.39 is 0 Å². The molecule has 6 nitrogen and oxygen atoms in total. The minimum atomic E-state index is -0.331. The Morgan fingerprint density at radius 2 is 2.09 bits per heavy atom. The van der Waals surface area contributed by atoms with Crippen LogP contribution in [-0.2, 0) is 0 Å². The van der Waals surface area contributed by atoms with Crippen LogP contribution in [0.3, 0.4) is 0 Å². The van der Waals surface area contributed by atoms with Crippen LogP contribution < -0.4 is 10.6 Å². The molecule has 3 atom stereocenters. The van der Waals surface area contributed by atoms with Crippen LogP contribution in [0.15, 0.2) is 30.5 Å². The monoisotopic (exact) mass is 298 g/mol. The summed E-state index contributed by atoms with van der Waals surface area (Å²) in [5.41, 5.74) is 7.79. The van der Waals surface area contributed by atoms with Crippen molar-refractivity contribution in [1.29, 1.82) is 0 Å². The molecule has 0 amide bonds. The van der Waals surface area contributed by atoms with E-state index in [1.54, 1.807) is 0 Å². The Balaban J connectivity index is 1.83. The summed E-state index contributed by atoms with van der Waals surface area (Å²) < 4.78 is 0. The summed E-state index contributed by atoms with van der Waals surface area (Å²) >= 11 is 0. The molecule has 114 valence electrons. The van der Waals surface area contributed by atoms with Crippen molar-refractivity contribution < 1.29 is 4.92 Å². The predicted octanol–water partition coefficient (Wildman–Crippen LogP) is 2.32. The second kappa shape index (κ2) is 4.91. The van der Waals surface area contributed by atoms with E-state index in [1.807, 2.05) is 24.3 Å². The van der Waals surface area contributed by atoms with Gasteiger partial charge in [-0.2, -0.15) is 0 Å². The first-order valence-electron chi connectivity index (χ1n) is 7.68. The molecule has 0 spiro atoms. The first-order valence-corrected chi connectivity index (χ1v) is 7.68. The lowest BCUT2D eigenvalue weighted by Crippen LogP contribution is -2.30. The van der Waals surface area contributed by atoms with Gasteiger partial charge in [0.05, 0.1) is 10.4 Å². The minimum absolute atomic E-state index is 0.0900. The lowest BCUT2D eigenvalue weighted by molar-refractivity contribution is -0.384. The summed E-state index contributed by atoms with van der Waals surface area (Å²) in [6.45, 7) is 1.66. The van der Waals surface area contributed by atoms with Crippen LogP contribution in [0.5, 0.6) is 0 Å². The maximum absolute atomic E-state index is 11.4. The molecular weight excluding hydrogens is 280 g/mol. The Hall–Kier alpha value is -2.21. The van der Waals surface area contributed by atoms with Gasteiger partial charge in [0.15, 0.2) is 0 Å². The largest absolute Gasteiger partial charge is 0.365 e. The zero-order chi connectivity index (χ0) is 15.3. The molecule has 1 aromatic heterocycles. The normalized spacial score (nSPS) is 27.3. The number of anilines is 1. The average molecular weight is 298 g/mol. The molecular formula is C16H18N4O2. The Labute approximate surface area is 128 Å². The van der Waals surface area contributed by atoms with Gasteiger partial charge in [-0.05, 0) is 30.7 Å². The zero-order valence-electron chi connectivity index (χ0n) is 12.2. The van der Waals surface area contributed by atoms with E-state index in [2.05, 4.69) is 9.88 Å². The summed E-state index contributed by atoms with van der Waals surface area (Å²) in [5, 5.41) is 12.3. The molecule has 6 heteroatoms. The smallest absolute Gasteiger partial charge is 0.311 e. The maximum atomic E-state index is 11.4. The summed E-state index contributed by atoms with van der Waals surface area (Å²) in [4.78, 5) is 17.5. The van der Waals surface area contributed by atoms with Crippen molar-refractivity contribution in [3.63, 3.8) is 0 Å². The van der Waals surface area contributed by atoms with Crippen molar-refractivity contribution in [3.05, 3.63) is 40.6 Å². The number of nitro groups is 1. The standard InChI is InChI=1S/C16H18N4O2/c17-13-6-5-10-8-19(9-12(10)13)16-11-3-1-2-4-14(11)18-7-15(16)20(21)22/h1-4,7,10,12-13H,5-6,8-9,17H2. The Bertz CT molecular complexity index is 748. The molecule has 2 heterocycles. The SMILES string of the molecule is NC1CCC2CN(c3c([N+](=O)[O-])cnc4ccccc34)CC12. The molecule has 2 N–H and O–H groups in total. The van der Waals surface area contributed by atoms with Crippen LogP contribution >= 0.6 is 0 Å². The molecule has 22 heavy (non-hydrogen) atoms. The molecule has 2 aliphatic rings. The van der Waals surface area contributed by atoms with Gasteiger partial charge in [0.1, 0.15) is 11.9 Å².